The van der Waals surface area contributed by atoms with Gasteiger partial charge >= 0.3 is 0 Å². The van der Waals surface area contributed by atoms with Gasteiger partial charge in [0.25, 0.3) is 0 Å². The molecule has 166 valence electrons. The van der Waals surface area contributed by atoms with Gasteiger partial charge in [0.15, 0.2) is 11.5 Å². The van der Waals surface area contributed by atoms with Crippen molar-refractivity contribution >= 4 is 40.6 Å². The number of halogens is 1. The van der Waals surface area contributed by atoms with Crippen molar-refractivity contribution in [3.05, 3.63) is 84.3 Å². The first-order chi connectivity index (χ1) is 16.0. The predicted octanol–water partition coefficient (Wildman–Crippen LogP) is 4.81. The maximum absolute atomic E-state index is 10.9. The SMILES string of the molecule is C/C=C(\C=C/N(C)C=O)c1ccc2nc(-c3cccnc3N)n(-c3ccc(CCl)cc3)c2n1. The lowest BCUT2D eigenvalue weighted by atomic mass is 10.1. The molecule has 4 rings (SSSR count). The fourth-order valence-electron chi connectivity index (χ4n) is 3.45. The predicted molar refractivity (Wildman–Crippen MR) is 133 cm³/mol. The largest absolute Gasteiger partial charge is 0.383 e. The van der Waals surface area contributed by atoms with Gasteiger partial charge in [0.2, 0.25) is 6.41 Å². The number of fused-ring (bicyclic) bond motifs is 1. The van der Waals surface area contributed by atoms with Crippen molar-refractivity contribution < 1.29 is 4.79 Å². The van der Waals surface area contributed by atoms with Crippen molar-refractivity contribution in [2.24, 2.45) is 0 Å². The summed E-state index contributed by atoms with van der Waals surface area (Å²) in [6.07, 6.45) is 7.87. The lowest BCUT2D eigenvalue weighted by molar-refractivity contribution is -0.114. The molecule has 0 aliphatic heterocycles. The number of nitrogen functional groups attached to an aromatic ring is 1. The monoisotopic (exact) mass is 458 g/mol. The second-order valence-corrected chi connectivity index (χ2v) is 7.64. The molecule has 0 radical (unpaired) electrons. The number of amides is 1. The van der Waals surface area contributed by atoms with Crippen LogP contribution in [0.4, 0.5) is 5.82 Å². The number of pyridine rings is 2. The molecule has 1 amide bonds. The Balaban J connectivity index is 1.94. The van der Waals surface area contributed by atoms with Crippen molar-refractivity contribution in [2.75, 3.05) is 12.8 Å². The Morgan fingerprint density at radius 1 is 1.15 bits per heavy atom. The van der Waals surface area contributed by atoms with Crippen LogP contribution in [0.5, 0.6) is 0 Å². The van der Waals surface area contributed by atoms with E-state index in [4.69, 9.17) is 27.3 Å². The van der Waals surface area contributed by atoms with Gasteiger partial charge in [-0.3, -0.25) is 9.36 Å². The second-order valence-electron chi connectivity index (χ2n) is 7.38. The molecule has 0 bridgehead atoms. The van der Waals surface area contributed by atoms with E-state index in [0.29, 0.717) is 23.2 Å². The van der Waals surface area contributed by atoms with E-state index in [1.165, 1.54) is 4.90 Å². The Bertz CT molecular complexity index is 1360. The van der Waals surface area contributed by atoms with Crippen LogP contribution in [0.1, 0.15) is 18.2 Å². The number of allylic oxidation sites excluding steroid dienone is 3. The van der Waals surface area contributed by atoms with E-state index < -0.39 is 0 Å². The number of alkyl halides is 1. The van der Waals surface area contributed by atoms with Crippen molar-refractivity contribution in [1.82, 2.24) is 24.4 Å². The molecule has 0 unspecified atom stereocenters. The van der Waals surface area contributed by atoms with Crippen LogP contribution in [0.3, 0.4) is 0 Å². The van der Waals surface area contributed by atoms with E-state index >= 15 is 0 Å². The molecule has 0 spiro atoms. The fourth-order valence-corrected chi connectivity index (χ4v) is 3.62. The van der Waals surface area contributed by atoms with Gasteiger partial charge in [0.05, 0.1) is 11.3 Å². The molecule has 0 aliphatic rings. The van der Waals surface area contributed by atoms with Crippen molar-refractivity contribution in [3.63, 3.8) is 0 Å². The van der Waals surface area contributed by atoms with Crippen molar-refractivity contribution in [3.8, 4) is 17.1 Å². The van der Waals surface area contributed by atoms with Crippen LogP contribution in [0.2, 0.25) is 0 Å². The first-order valence-corrected chi connectivity index (χ1v) is 10.9. The zero-order valence-corrected chi connectivity index (χ0v) is 19.1. The quantitative estimate of drug-likeness (QED) is 0.244. The molecule has 0 saturated heterocycles. The molecular formula is C25H23ClN6O. The number of carbonyl (C=O) groups excluding carboxylic acids is 1. The second kappa shape index (κ2) is 9.67. The summed E-state index contributed by atoms with van der Waals surface area (Å²) in [5.74, 6) is 1.47. The van der Waals surface area contributed by atoms with Gasteiger partial charge in [-0.2, -0.15) is 0 Å². The number of imidazole rings is 1. The number of carbonyl (C=O) groups is 1. The smallest absolute Gasteiger partial charge is 0.213 e. The van der Waals surface area contributed by atoms with E-state index in [0.717, 1.165) is 40.0 Å². The number of nitrogens with two attached hydrogens (primary N) is 1. The van der Waals surface area contributed by atoms with Gasteiger partial charge < -0.3 is 10.6 Å². The van der Waals surface area contributed by atoms with Crippen LogP contribution in [0, 0.1) is 0 Å². The fraction of sp³-hybridized carbons (Fsp3) is 0.120. The molecule has 8 heteroatoms. The van der Waals surface area contributed by atoms with Crippen LogP contribution < -0.4 is 5.73 Å². The molecule has 0 aliphatic carbocycles. The molecule has 3 aromatic heterocycles. The van der Waals surface area contributed by atoms with Gasteiger partial charge in [-0.25, -0.2) is 15.0 Å². The molecule has 0 atom stereocenters. The summed E-state index contributed by atoms with van der Waals surface area (Å²) in [4.78, 5) is 26.4. The summed E-state index contributed by atoms with van der Waals surface area (Å²) in [6.45, 7) is 1.93. The maximum Gasteiger partial charge on any atom is 0.213 e. The van der Waals surface area contributed by atoms with Gasteiger partial charge in [-0.15, -0.1) is 11.6 Å². The Morgan fingerprint density at radius 3 is 2.61 bits per heavy atom. The number of nitrogens with zero attached hydrogens (tertiary/aromatic N) is 5. The van der Waals surface area contributed by atoms with Crippen molar-refractivity contribution in [1.29, 1.82) is 0 Å². The van der Waals surface area contributed by atoms with Crippen molar-refractivity contribution in [2.45, 2.75) is 12.8 Å². The first-order valence-electron chi connectivity index (χ1n) is 10.3. The summed E-state index contributed by atoms with van der Waals surface area (Å²) in [5, 5.41) is 0. The van der Waals surface area contributed by atoms with E-state index in [-0.39, 0.29) is 0 Å². The summed E-state index contributed by atoms with van der Waals surface area (Å²) in [5.41, 5.74) is 11.8. The minimum Gasteiger partial charge on any atom is -0.383 e. The number of rotatable bonds is 7. The third-order valence-corrected chi connectivity index (χ3v) is 5.50. The zero-order valence-electron chi connectivity index (χ0n) is 18.3. The Kier molecular flexibility index (Phi) is 6.51. The molecule has 0 saturated carbocycles. The highest BCUT2D eigenvalue weighted by Gasteiger charge is 2.18. The van der Waals surface area contributed by atoms with Crippen LogP contribution in [0.15, 0.2) is 73.1 Å². The van der Waals surface area contributed by atoms with Crippen LogP contribution >= 0.6 is 11.6 Å². The van der Waals surface area contributed by atoms with E-state index in [2.05, 4.69) is 4.98 Å². The number of anilines is 1. The third kappa shape index (κ3) is 4.49. The summed E-state index contributed by atoms with van der Waals surface area (Å²) in [6, 6.07) is 15.5. The molecule has 2 N–H and O–H groups in total. The number of benzene rings is 1. The van der Waals surface area contributed by atoms with Gasteiger partial charge in [-0.05, 0) is 60.5 Å². The molecule has 4 aromatic rings. The van der Waals surface area contributed by atoms with E-state index in [1.54, 1.807) is 19.4 Å². The normalized spacial score (nSPS) is 11.9. The molecular weight excluding hydrogens is 436 g/mol. The molecule has 0 fully saturated rings. The van der Waals surface area contributed by atoms with Gasteiger partial charge in [0, 0.05) is 31.0 Å². The average Bonchev–Trinajstić information content (AvgIpc) is 3.23. The summed E-state index contributed by atoms with van der Waals surface area (Å²) in [7, 11) is 1.68. The lowest BCUT2D eigenvalue weighted by Gasteiger charge is -2.11. The Hall–Kier alpha value is -3.97. The topological polar surface area (TPSA) is 89.9 Å². The number of aromatic nitrogens is 4. The maximum atomic E-state index is 10.9. The van der Waals surface area contributed by atoms with Crippen LogP contribution in [-0.2, 0) is 10.7 Å². The van der Waals surface area contributed by atoms with Gasteiger partial charge in [-0.1, -0.05) is 18.2 Å². The van der Waals surface area contributed by atoms with E-state index in [1.807, 2.05) is 72.2 Å². The highest BCUT2D eigenvalue weighted by Crippen LogP contribution is 2.31. The molecule has 3 heterocycles. The summed E-state index contributed by atoms with van der Waals surface area (Å²) >= 11 is 5.99. The highest BCUT2D eigenvalue weighted by molar-refractivity contribution is 6.17. The third-order valence-electron chi connectivity index (χ3n) is 5.20. The molecule has 1 aromatic carbocycles. The minimum atomic E-state index is 0.389. The summed E-state index contributed by atoms with van der Waals surface area (Å²) < 4.78 is 1.97. The standard InChI is InChI=1S/C25H23ClN6O/c1-3-18(12-14-31(2)16-33)21-10-11-22-25(29-21)32(19-8-6-17(15-26)7-9-19)24(30-22)20-5-4-13-28-23(20)27/h3-14,16H,15H2,1-2H3,(H2,27,28)/b14-12-,18-3+. The number of hydrogen-bond donors (Lipinski definition) is 1. The lowest BCUT2D eigenvalue weighted by Crippen LogP contribution is -2.06. The van der Waals surface area contributed by atoms with Gasteiger partial charge in [0.1, 0.15) is 11.3 Å². The Labute approximate surface area is 196 Å². The molecule has 7 nitrogen and oxygen atoms in total. The Morgan fingerprint density at radius 2 is 1.94 bits per heavy atom. The van der Waals surface area contributed by atoms with Crippen LogP contribution in [0.25, 0.3) is 33.8 Å². The minimum absolute atomic E-state index is 0.389. The van der Waals surface area contributed by atoms with E-state index in [9.17, 15) is 4.79 Å². The highest BCUT2D eigenvalue weighted by atomic mass is 35.5. The average molecular weight is 459 g/mol. The molecule has 33 heavy (non-hydrogen) atoms. The zero-order chi connectivity index (χ0) is 23.4. The first kappa shape index (κ1) is 22.2. The number of hydrogen-bond acceptors (Lipinski definition) is 5. The van der Waals surface area contributed by atoms with Crippen LogP contribution in [-0.4, -0.2) is 37.9 Å².